The third-order valence-electron chi connectivity index (χ3n) is 3.36. The molecule has 106 valence electrons. The first-order chi connectivity index (χ1) is 9.65. The number of hydrogen-bond acceptors (Lipinski definition) is 4. The van der Waals surface area contributed by atoms with Crippen molar-refractivity contribution in [2.45, 2.75) is 18.6 Å². The zero-order valence-electron chi connectivity index (χ0n) is 11.5. The standard InChI is InChI=1S/C15H18N2O2S/c1-11(9-18)10-20-14-6-7-17(15(14)19)13-4-2-12(8-16)3-5-13/h2-5,11,14,18H,6-7,9-10H2,1H3/t11-,14+/m1/s1. The van der Waals surface area contributed by atoms with Crippen LogP contribution in [0.3, 0.4) is 0 Å². The minimum Gasteiger partial charge on any atom is -0.396 e. The number of anilines is 1. The third kappa shape index (κ3) is 3.33. The van der Waals surface area contributed by atoms with Crippen molar-refractivity contribution in [3.8, 4) is 6.07 Å². The van der Waals surface area contributed by atoms with Gasteiger partial charge in [0.15, 0.2) is 0 Å². The number of rotatable bonds is 5. The average molecular weight is 290 g/mol. The molecule has 2 rings (SSSR count). The van der Waals surface area contributed by atoms with Crippen molar-refractivity contribution >= 4 is 23.4 Å². The van der Waals surface area contributed by atoms with Crippen LogP contribution in [0.2, 0.25) is 0 Å². The molecular formula is C15H18N2O2S. The van der Waals surface area contributed by atoms with Gasteiger partial charge in [-0.3, -0.25) is 4.79 Å². The lowest BCUT2D eigenvalue weighted by Gasteiger charge is -2.17. The van der Waals surface area contributed by atoms with Crippen LogP contribution < -0.4 is 4.90 Å². The smallest absolute Gasteiger partial charge is 0.240 e. The summed E-state index contributed by atoms with van der Waals surface area (Å²) in [6, 6.07) is 9.18. The van der Waals surface area contributed by atoms with E-state index in [1.54, 1.807) is 28.8 Å². The van der Waals surface area contributed by atoms with Crippen LogP contribution in [0, 0.1) is 17.2 Å². The van der Waals surface area contributed by atoms with E-state index in [2.05, 4.69) is 6.07 Å². The Morgan fingerprint density at radius 3 is 2.80 bits per heavy atom. The summed E-state index contributed by atoms with van der Waals surface area (Å²) in [5.41, 5.74) is 1.45. The van der Waals surface area contributed by atoms with Crippen molar-refractivity contribution in [2.75, 3.05) is 23.8 Å². The first-order valence-electron chi connectivity index (χ1n) is 6.69. The van der Waals surface area contributed by atoms with Crippen LogP contribution in [0.15, 0.2) is 24.3 Å². The number of aliphatic hydroxyl groups excluding tert-OH is 1. The quantitative estimate of drug-likeness (QED) is 0.901. The lowest BCUT2D eigenvalue weighted by molar-refractivity contribution is -0.116. The molecule has 1 saturated heterocycles. The summed E-state index contributed by atoms with van der Waals surface area (Å²) < 4.78 is 0. The molecule has 1 aromatic carbocycles. The van der Waals surface area contributed by atoms with Crippen molar-refractivity contribution in [3.63, 3.8) is 0 Å². The molecule has 0 radical (unpaired) electrons. The number of thioether (sulfide) groups is 1. The molecule has 0 aliphatic carbocycles. The number of hydrogen-bond donors (Lipinski definition) is 1. The number of benzene rings is 1. The number of aliphatic hydroxyl groups is 1. The first kappa shape index (κ1) is 14.9. The van der Waals surface area contributed by atoms with E-state index in [0.717, 1.165) is 24.4 Å². The van der Waals surface area contributed by atoms with Crippen molar-refractivity contribution < 1.29 is 9.90 Å². The molecule has 0 bridgehead atoms. The molecule has 1 fully saturated rings. The lowest BCUT2D eigenvalue weighted by Crippen LogP contribution is -2.28. The highest BCUT2D eigenvalue weighted by molar-refractivity contribution is 8.00. The molecule has 1 aromatic rings. The minimum absolute atomic E-state index is 0.0142. The van der Waals surface area contributed by atoms with Crippen LogP contribution in [-0.4, -0.2) is 35.2 Å². The van der Waals surface area contributed by atoms with Crippen molar-refractivity contribution in [1.82, 2.24) is 0 Å². The summed E-state index contributed by atoms with van der Waals surface area (Å²) in [6.07, 6.45) is 0.835. The zero-order chi connectivity index (χ0) is 14.5. The maximum absolute atomic E-state index is 12.3. The minimum atomic E-state index is -0.0142. The van der Waals surface area contributed by atoms with E-state index in [9.17, 15) is 4.79 Å². The number of nitrogens with zero attached hydrogens (tertiary/aromatic N) is 2. The van der Waals surface area contributed by atoms with Crippen LogP contribution in [0.4, 0.5) is 5.69 Å². The number of carbonyl (C=O) groups excluding carboxylic acids is 1. The van der Waals surface area contributed by atoms with Crippen molar-refractivity contribution in [2.24, 2.45) is 5.92 Å². The van der Waals surface area contributed by atoms with Gasteiger partial charge >= 0.3 is 0 Å². The molecule has 4 nitrogen and oxygen atoms in total. The summed E-state index contributed by atoms with van der Waals surface area (Å²) in [7, 11) is 0. The van der Waals surface area contributed by atoms with Gasteiger partial charge in [0.05, 0.1) is 16.9 Å². The highest BCUT2D eigenvalue weighted by atomic mass is 32.2. The molecule has 1 aliphatic rings. The fourth-order valence-corrected chi connectivity index (χ4v) is 3.32. The van der Waals surface area contributed by atoms with Gasteiger partial charge in [-0.15, -0.1) is 11.8 Å². The Bertz CT molecular complexity index is 510. The van der Waals surface area contributed by atoms with Crippen LogP contribution in [0.5, 0.6) is 0 Å². The largest absolute Gasteiger partial charge is 0.396 e. The van der Waals surface area contributed by atoms with E-state index < -0.39 is 0 Å². The van der Waals surface area contributed by atoms with Crippen LogP contribution >= 0.6 is 11.8 Å². The average Bonchev–Trinajstić information content (AvgIpc) is 2.86. The predicted molar refractivity (Wildman–Crippen MR) is 80.6 cm³/mol. The molecule has 0 aromatic heterocycles. The molecule has 0 spiro atoms. The van der Waals surface area contributed by atoms with E-state index >= 15 is 0 Å². The number of carbonyl (C=O) groups is 1. The summed E-state index contributed by atoms with van der Waals surface area (Å²) in [5.74, 6) is 1.15. The number of nitriles is 1. The van der Waals surface area contributed by atoms with Gasteiger partial charge in [-0.1, -0.05) is 6.92 Å². The maximum Gasteiger partial charge on any atom is 0.240 e. The molecule has 1 amide bonds. The summed E-state index contributed by atoms with van der Waals surface area (Å²) in [4.78, 5) is 14.1. The Morgan fingerprint density at radius 1 is 1.50 bits per heavy atom. The third-order valence-corrected chi connectivity index (χ3v) is 4.96. The molecule has 1 aliphatic heterocycles. The van der Waals surface area contributed by atoms with Gasteiger partial charge in [0.2, 0.25) is 5.91 Å². The van der Waals surface area contributed by atoms with Gasteiger partial charge in [-0.2, -0.15) is 5.26 Å². The number of amides is 1. The Balaban J connectivity index is 1.98. The fourth-order valence-electron chi connectivity index (χ4n) is 2.11. The van der Waals surface area contributed by atoms with E-state index in [1.807, 2.05) is 19.1 Å². The van der Waals surface area contributed by atoms with Crippen LogP contribution in [0.1, 0.15) is 18.9 Å². The van der Waals surface area contributed by atoms with Gasteiger partial charge in [0.25, 0.3) is 0 Å². The van der Waals surface area contributed by atoms with Crippen LogP contribution in [-0.2, 0) is 4.79 Å². The molecule has 20 heavy (non-hydrogen) atoms. The Hall–Kier alpha value is -1.51. The molecule has 0 unspecified atom stereocenters. The van der Waals surface area contributed by atoms with Crippen molar-refractivity contribution in [1.29, 1.82) is 5.26 Å². The normalized spacial score (nSPS) is 19.9. The van der Waals surface area contributed by atoms with E-state index in [1.165, 1.54) is 0 Å². The Morgan fingerprint density at radius 2 is 2.20 bits per heavy atom. The molecule has 2 atom stereocenters. The topological polar surface area (TPSA) is 64.3 Å². The summed E-state index contributed by atoms with van der Waals surface area (Å²) in [5, 5.41) is 17.8. The van der Waals surface area contributed by atoms with Gasteiger partial charge in [-0.05, 0) is 42.4 Å². The van der Waals surface area contributed by atoms with E-state index in [4.69, 9.17) is 10.4 Å². The van der Waals surface area contributed by atoms with Gasteiger partial charge in [-0.25, -0.2) is 0 Å². The zero-order valence-corrected chi connectivity index (χ0v) is 12.3. The van der Waals surface area contributed by atoms with Crippen LogP contribution in [0.25, 0.3) is 0 Å². The second kappa shape index (κ2) is 6.78. The van der Waals surface area contributed by atoms with Gasteiger partial charge in [0, 0.05) is 18.8 Å². The second-order valence-corrected chi connectivity index (χ2v) is 6.28. The first-order valence-corrected chi connectivity index (χ1v) is 7.74. The Kier molecular flexibility index (Phi) is 5.05. The van der Waals surface area contributed by atoms with E-state index in [-0.39, 0.29) is 23.7 Å². The fraction of sp³-hybridized carbons (Fsp3) is 0.467. The maximum atomic E-state index is 12.3. The van der Waals surface area contributed by atoms with Gasteiger partial charge in [0.1, 0.15) is 0 Å². The molecule has 1 heterocycles. The lowest BCUT2D eigenvalue weighted by atomic mass is 10.2. The predicted octanol–water partition coefficient (Wildman–Crippen LogP) is 2.03. The molecule has 1 N–H and O–H groups in total. The van der Waals surface area contributed by atoms with E-state index in [0.29, 0.717) is 5.56 Å². The summed E-state index contributed by atoms with van der Waals surface area (Å²) in [6.45, 7) is 2.86. The highest BCUT2D eigenvalue weighted by Crippen LogP contribution is 2.29. The monoisotopic (exact) mass is 290 g/mol. The van der Waals surface area contributed by atoms with Crippen molar-refractivity contribution in [3.05, 3.63) is 29.8 Å². The molecule has 5 heteroatoms. The second-order valence-electron chi connectivity index (χ2n) is 5.05. The molecular weight excluding hydrogens is 272 g/mol. The molecule has 0 saturated carbocycles. The Labute approximate surface area is 123 Å². The van der Waals surface area contributed by atoms with Gasteiger partial charge < -0.3 is 10.0 Å². The SMILES string of the molecule is C[C@H](CO)CS[C@H]1CCN(c2ccc(C#N)cc2)C1=O. The summed E-state index contributed by atoms with van der Waals surface area (Å²) >= 11 is 1.63. The highest BCUT2D eigenvalue weighted by Gasteiger charge is 2.32.